The van der Waals surface area contributed by atoms with Crippen LogP contribution in [0.1, 0.15) is 29.2 Å². The van der Waals surface area contributed by atoms with Crippen LogP contribution in [-0.2, 0) is 6.42 Å². The highest BCUT2D eigenvalue weighted by molar-refractivity contribution is 5.36. The highest BCUT2D eigenvalue weighted by Gasteiger charge is 2.13. The summed E-state index contributed by atoms with van der Waals surface area (Å²) in [4.78, 5) is 4.13. The molecule has 4 heteroatoms. The van der Waals surface area contributed by atoms with E-state index >= 15 is 0 Å². The van der Waals surface area contributed by atoms with Gasteiger partial charge < -0.3 is 4.74 Å². The Morgan fingerprint density at radius 1 is 1.35 bits per heavy atom. The predicted octanol–water partition coefficient (Wildman–Crippen LogP) is 2.54. The largest absolute Gasteiger partial charge is 0.497 e. The van der Waals surface area contributed by atoms with E-state index in [2.05, 4.69) is 29.5 Å². The van der Waals surface area contributed by atoms with Gasteiger partial charge in [0.25, 0.3) is 0 Å². The number of ether oxygens (including phenoxy) is 1. The summed E-state index contributed by atoms with van der Waals surface area (Å²) >= 11 is 0. The van der Waals surface area contributed by atoms with Gasteiger partial charge in [0, 0.05) is 18.4 Å². The van der Waals surface area contributed by atoms with Gasteiger partial charge in [0.1, 0.15) is 5.75 Å². The fourth-order valence-electron chi connectivity index (χ4n) is 2.35. The number of methoxy groups -OCH3 is 1. The molecule has 0 spiro atoms. The summed E-state index contributed by atoms with van der Waals surface area (Å²) in [5.41, 5.74) is 6.51. The molecule has 0 aliphatic rings. The number of pyridine rings is 1. The van der Waals surface area contributed by atoms with Crippen molar-refractivity contribution >= 4 is 0 Å². The average molecular weight is 271 g/mol. The van der Waals surface area contributed by atoms with Crippen LogP contribution in [0.2, 0.25) is 0 Å². The lowest BCUT2D eigenvalue weighted by molar-refractivity contribution is 0.413. The van der Waals surface area contributed by atoms with Crippen LogP contribution in [-0.4, -0.2) is 12.1 Å². The van der Waals surface area contributed by atoms with Crippen molar-refractivity contribution in [3.8, 4) is 5.75 Å². The lowest BCUT2D eigenvalue weighted by Crippen LogP contribution is -2.29. The molecule has 106 valence electrons. The van der Waals surface area contributed by atoms with E-state index in [1.165, 1.54) is 16.7 Å². The molecule has 0 aliphatic carbocycles. The molecule has 0 bridgehead atoms. The van der Waals surface area contributed by atoms with Crippen LogP contribution >= 0.6 is 0 Å². The Morgan fingerprint density at radius 2 is 2.20 bits per heavy atom. The van der Waals surface area contributed by atoms with Crippen molar-refractivity contribution in [3.63, 3.8) is 0 Å². The van der Waals surface area contributed by atoms with Crippen LogP contribution in [0.25, 0.3) is 0 Å². The second-order valence-electron chi connectivity index (χ2n) is 4.84. The Balaban J connectivity index is 2.08. The molecule has 0 saturated heterocycles. The first kappa shape index (κ1) is 14.5. The number of hydrogen-bond donors (Lipinski definition) is 2. The van der Waals surface area contributed by atoms with Crippen LogP contribution in [0.5, 0.6) is 5.75 Å². The average Bonchev–Trinajstić information content (AvgIpc) is 2.50. The summed E-state index contributed by atoms with van der Waals surface area (Å²) in [6.07, 6.45) is 5.55. The maximum atomic E-state index is 5.71. The summed E-state index contributed by atoms with van der Waals surface area (Å²) in [6, 6.07) is 10.2. The zero-order chi connectivity index (χ0) is 14.4. The molecular formula is C16H21N3O. The maximum absolute atomic E-state index is 5.71. The summed E-state index contributed by atoms with van der Waals surface area (Å²) in [5, 5.41) is 0. The molecule has 1 unspecified atom stereocenters. The Labute approximate surface area is 120 Å². The first-order valence-corrected chi connectivity index (χ1v) is 6.74. The molecule has 0 aliphatic heterocycles. The maximum Gasteiger partial charge on any atom is 0.119 e. The zero-order valence-corrected chi connectivity index (χ0v) is 12.0. The van der Waals surface area contributed by atoms with Crippen LogP contribution in [0.3, 0.4) is 0 Å². The monoisotopic (exact) mass is 271 g/mol. The van der Waals surface area contributed by atoms with Gasteiger partial charge in [-0.3, -0.25) is 16.3 Å². The van der Waals surface area contributed by atoms with Gasteiger partial charge in [0.05, 0.1) is 7.11 Å². The number of aryl methyl sites for hydroxylation is 2. The van der Waals surface area contributed by atoms with E-state index in [9.17, 15) is 0 Å². The minimum atomic E-state index is 0.126. The molecule has 0 fully saturated rings. The van der Waals surface area contributed by atoms with Crippen molar-refractivity contribution in [2.45, 2.75) is 25.8 Å². The van der Waals surface area contributed by atoms with Crippen molar-refractivity contribution in [3.05, 3.63) is 59.4 Å². The smallest absolute Gasteiger partial charge is 0.119 e. The van der Waals surface area contributed by atoms with Crippen molar-refractivity contribution in [2.24, 2.45) is 5.84 Å². The zero-order valence-electron chi connectivity index (χ0n) is 12.0. The second kappa shape index (κ2) is 7.03. The Hall–Kier alpha value is -1.91. The van der Waals surface area contributed by atoms with Crippen LogP contribution < -0.4 is 16.0 Å². The van der Waals surface area contributed by atoms with E-state index in [0.29, 0.717) is 0 Å². The highest BCUT2D eigenvalue weighted by atomic mass is 16.5. The third-order valence-electron chi connectivity index (χ3n) is 3.50. The molecule has 2 rings (SSSR count). The molecule has 1 heterocycles. The highest BCUT2D eigenvalue weighted by Crippen LogP contribution is 2.25. The lowest BCUT2D eigenvalue weighted by atomic mass is 9.96. The molecule has 1 aromatic carbocycles. The Kier molecular flexibility index (Phi) is 5.09. The van der Waals surface area contributed by atoms with Crippen LogP contribution in [0.4, 0.5) is 0 Å². The number of benzene rings is 1. The number of hydrazine groups is 1. The predicted molar refractivity (Wildman–Crippen MR) is 80.4 cm³/mol. The fraction of sp³-hybridized carbons (Fsp3) is 0.312. The van der Waals surface area contributed by atoms with Gasteiger partial charge >= 0.3 is 0 Å². The van der Waals surface area contributed by atoms with Gasteiger partial charge in [-0.1, -0.05) is 12.1 Å². The van der Waals surface area contributed by atoms with E-state index in [1.54, 1.807) is 13.3 Å². The molecule has 3 N–H and O–H groups in total. The summed E-state index contributed by atoms with van der Waals surface area (Å²) in [5.74, 6) is 6.58. The normalized spacial score (nSPS) is 12.2. The topological polar surface area (TPSA) is 60.2 Å². The second-order valence-corrected chi connectivity index (χ2v) is 4.84. The molecule has 0 radical (unpaired) electrons. The summed E-state index contributed by atoms with van der Waals surface area (Å²) < 4.78 is 5.23. The summed E-state index contributed by atoms with van der Waals surface area (Å²) in [6.45, 7) is 2.08. The van der Waals surface area contributed by atoms with Crippen LogP contribution in [0, 0.1) is 6.92 Å². The van der Waals surface area contributed by atoms with Crippen molar-refractivity contribution in [2.75, 3.05) is 7.11 Å². The Bertz CT molecular complexity index is 543. The number of nitrogens with one attached hydrogen (secondary N) is 1. The van der Waals surface area contributed by atoms with Gasteiger partial charge in [-0.05, 0) is 54.7 Å². The molecule has 2 aromatic rings. The van der Waals surface area contributed by atoms with Crippen molar-refractivity contribution in [1.29, 1.82) is 0 Å². The third-order valence-corrected chi connectivity index (χ3v) is 3.50. The van der Waals surface area contributed by atoms with E-state index in [4.69, 9.17) is 10.6 Å². The fourth-order valence-corrected chi connectivity index (χ4v) is 2.35. The SMILES string of the molecule is COc1ccc(C(CCc2cccnc2)NN)c(C)c1. The van der Waals surface area contributed by atoms with Crippen molar-refractivity contribution in [1.82, 2.24) is 10.4 Å². The van der Waals surface area contributed by atoms with E-state index < -0.39 is 0 Å². The van der Waals surface area contributed by atoms with Gasteiger partial charge in [0.2, 0.25) is 0 Å². The number of rotatable bonds is 6. The first-order chi connectivity index (χ1) is 9.74. The van der Waals surface area contributed by atoms with Crippen LogP contribution in [0.15, 0.2) is 42.7 Å². The first-order valence-electron chi connectivity index (χ1n) is 6.74. The molecule has 1 atom stereocenters. The minimum absolute atomic E-state index is 0.126. The molecular weight excluding hydrogens is 250 g/mol. The van der Waals surface area contributed by atoms with E-state index in [-0.39, 0.29) is 6.04 Å². The lowest BCUT2D eigenvalue weighted by Gasteiger charge is -2.19. The van der Waals surface area contributed by atoms with Gasteiger partial charge in [0.15, 0.2) is 0 Å². The Morgan fingerprint density at radius 3 is 2.80 bits per heavy atom. The van der Waals surface area contributed by atoms with E-state index in [0.717, 1.165) is 18.6 Å². The number of hydrogen-bond acceptors (Lipinski definition) is 4. The minimum Gasteiger partial charge on any atom is -0.497 e. The summed E-state index contributed by atoms with van der Waals surface area (Å²) in [7, 11) is 1.68. The molecule has 0 amide bonds. The van der Waals surface area contributed by atoms with Gasteiger partial charge in [-0.2, -0.15) is 0 Å². The molecule has 4 nitrogen and oxygen atoms in total. The quantitative estimate of drug-likeness (QED) is 0.626. The molecule has 20 heavy (non-hydrogen) atoms. The number of nitrogens with two attached hydrogens (primary N) is 1. The molecule has 0 saturated carbocycles. The van der Waals surface area contributed by atoms with E-state index in [1.807, 2.05) is 24.4 Å². The van der Waals surface area contributed by atoms with Crippen molar-refractivity contribution < 1.29 is 4.74 Å². The van der Waals surface area contributed by atoms with Gasteiger partial charge in [-0.15, -0.1) is 0 Å². The van der Waals surface area contributed by atoms with Gasteiger partial charge in [-0.25, -0.2) is 0 Å². The third kappa shape index (κ3) is 3.56. The molecule has 1 aromatic heterocycles. The number of nitrogens with zero attached hydrogens (tertiary/aromatic N) is 1. The number of aromatic nitrogens is 1. The standard InChI is InChI=1S/C16H21N3O/c1-12-10-14(20-2)6-7-15(12)16(19-17)8-5-13-4-3-9-18-11-13/h3-4,6-7,9-11,16,19H,5,8,17H2,1-2H3.